The third-order valence-corrected chi connectivity index (χ3v) is 4.11. The zero-order chi connectivity index (χ0) is 14.1. The second-order valence-electron chi connectivity index (χ2n) is 5.10. The highest BCUT2D eigenvalue weighted by molar-refractivity contribution is 9.10. The number of rotatable bonds is 5. The molecule has 0 amide bonds. The summed E-state index contributed by atoms with van der Waals surface area (Å²) in [4.78, 5) is 15.5. The summed E-state index contributed by atoms with van der Waals surface area (Å²) >= 11 is 3.39. The van der Waals surface area contributed by atoms with E-state index in [4.69, 9.17) is 0 Å². The number of carboxylic acids is 1. The quantitative estimate of drug-likeness (QED) is 0.853. The summed E-state index contributed by atoms with van der Waals surface area (Å²) in [6, 6.07) is 3.77. The molecular formula is C14H14BrN3O2. The number of hydrogen-bond acceptors (Lipinski definition) is 3. The Kier molecular flexibility index (Phi) is 3.56. The van der Waals surface area contributed by atoms with Gasteiger partial charge in [0.25, 0.3) is 0 Å². The van der Waals surface area contributed by atoms with Gasteiger partial charge in [-0.2, -0.15) is 5.10 Å². The van der Waals surface area contributed by atoms with E-state index in [1.165, 1.54) is 12.8 Å². The second-order valence-corrected chi connectivity index (χ2v) is 5.85. The van der Waals surface area contributed by atoms with Gasteiger partial charge in [0, 0.05) is 30.9 Å². The Bertz CT molecular complexity index is 650. The molecule has 5 nitrogen and oxygen atoms in total. The van der Waals surface area contributed by atoms with Gasteiger partial charge in [-0.05, 0) is 46.3 Å². The Morgan fingerprint density at radius 1 is 1.45 bits per heavy atom. The molecule has 0 aliphatic heterocycles. The monoisotopic (exact) mass is 335 g/mol. The summed E-state index contributed by atoms with van der Waals surface area (Å²) < 4.78 is 2.51. The molecule has 0 spiro atoms. The van der Waals surface area contributed by atoms with Crippen LogP contribution in [0, 0.1) is 5.92 Å². The number of carboxylic acid groups (broad SMARTS) is 1. The van der Waals surface area contributed by atoms with Crippen molar-refractivity contribution in [3.8, 4) is 0 Å². The fourth-order valence-electron chi connectivity index (χ4n) is 2.19. The molecule has 1 aliphatic carbocycles. The molecule has 104 valence electrons. The highest BCUT2D eigenvalue weighted by Crippen LogP contribution is 2.30. The van der Waals surface area contributed by atoms with Crippen molar-refractivity contribution in [3.05, 3.63) is 46.0 Å². The highest BCUT2D eigenvalue weighted by atomic mass is 79.9. The third-order valence-electron chi connectivity index (χ3n) is 3.40. The van der Waals surface area contributed by atoms with Gasteiger partial charge < -0.3 is 5.11 Å². The Balaban J connectivity index is 1.88. The van der Waals surface area contributed by atoms with Crippen LogP contribution in [0.1, 0.15) is 34.5 Å². The Morgan fingerprint density at radius 2 is 2.25 bits per heavy atom. The van der Waals surface area contributed by atoms with Crippen LogP contribution in [0.4, 0.5) is 0 Å². The number of carbonyl (C=O) groups is 1. The topological polar surface area (TPSA) is 68.0 Å². The summed E-state index contributed by atoms with van der Waals surface area (Å²) in [6.07, 6.45) is 6.49. The average Bonchev–Trinajstić information content (AvgIpc) is 3.12. The number of pyridine rings is 1. The van der Waals surface area contributed by atoms with Crippen molar-refractivity contribution in [1.82, 2.24) is 14.8 Å². The molecule has 0 aromatic carbocycles. The summed E-state index contributed by atoms with van der Waals surface area (Å²) in [6.45, 7) is 0.814. The van der Waals surface area contributed by atoms with Crippen LogP contribution in [0.5, 0.6) is 0 Å². The van der Waals surface area contributed by atoms with Crippen LogP contribution in [0.3, 0.4) is 0 Å². The minimum Gasteiger partial charge on any atom is -0.476 e. The molecule has 0 unspecified atom stereocenters. The minimum atomic E-state index is -0.977. The molecule has 20 heavy (non-hydrogen) atoms. The number of nitrogens with zero attached hydrogens (tertiary/aromatic N) is 3. The van der Waals surface area contributed by atoms with Crippen LogP contribution in [0.2, 0.25) is 0 Å². The predicted molar refractivity (Wildman–Crippen MR) is 76.7 cm³/mol. The van der Waals surface area contributed by atoms with Crippen LogP contribution >= 0.6 is 15.9 Å². The van der Waals surface area contributed by atoms with Crippen LogP contribution in [-0.2, 0) is 13.0 Å². The first-order valence-corrected chi connectivity index (χ1v) is 7.32. The van der Waals surface area contributed by atoms with Crippen molar-refractivity contribution >= 4 is 21.9 Å². The molecule has 3 rings (SSSR count). The zero-order valence-electron chi connectivity index (χ0n) is 10.8. The Hall–Kier alpha value is -1.69. The molecule has 1 aliphatic rings. The third kappa shape index (κ3) is 2.90. The maximum atomic E-state index is 11.3. The Morgan fingerprint density at radius 3 is 2.90 bits per heavy atom. The fraction of sp³-hybridized carbons (Fsp3) is 0.357. The van der Waals surface area contributed by atoms with E-state index in [1.807, 2.05) is 18.3 Å². The molecule has 0 bridgehead atoms. The van der Waals surface area contributed by atoms with Crippen molar-refractivity contribution in [2.45, 2.75) is 25.8 Å². The van der Waals surface area contributed by atoms with Gasteiger partial charge in [-0.1, -0.05) is 6.07 Å². The summed E-state index contributed by atoms with van der Waals surface area (Å²) in [5, 5.41) is 13.5. The lowest BCUT2D eigenvalue weighted by atomic mass is 10.1. The molecule has 2 heterocycles. The van der Waals surface area contributed by atoms with Gasteiger partial charge in [0.2, 0.25) is 0 Å². The molecule has 1 N–H and O–H groups in total. The maximum Gasteiger partial charge on any atom is 0.356 e. The lowest BCUT2D eigenvalue weighted by Crippen LogP contribution is -2.05. The van der Waals surface area contributed by atoms with Gasteiger partial charge in [0.15, 0.2) is 5.69 Å². The van der Waals surface area contributed by atoms with Gasteiger partial charge in [-0.25, -0.2) is 9.78 Å². The number of halogens is 1. The highest BCUT2D eigenvalue weighted by Gasteiger charge is 2.24. The fourth-order valence-corrected chi connectivity index (χ4v) is 2.58. The normalized spacial score (nSPS) is 14.4. The number of hydrogen-bond donors (Lipinski definition) is 1. The van der Waals surface area contributed by atoms with Gasteiger partial charge in [0.1, 0.15) is 4.60 Å². The lowest BCUT2D eigenvalue weighted by Gasteiger charge is -2.02. The molecule has 1 fully saturated rings. The SMILES string of the molecule is O=C(O)c1nn(CC2CC2)cc1Cc1cccnc1Br. The summed E-state index contributed by atoms with van der Waals surface area (Å²) in [5.74, 6) is -0.316. The average molecular weight is 336 g/mol. The van der Waals surface area contributed by atoms with Crippen LogP contribution < -0.4 is 0 Å². The number of aromatic carboxylic acids is 1. The van der Waals surface area contributed by atoms with Gasteiger partial charge in [0.05, 0.1) is 0 Å². The van der Waals surface area contributed by atoms with E-state index >= 15 is 0 Å². The van der Waals surface area contributed by atoms with Gasteiger partial charge in [-0.3, -0.25) is 4.68 Å². The molecule has 1 saturated carbocycles. The van der Waals surface area contributed by atoms with E-state index in [9.17, 15) is 9.90 Å². The van der Waals surface area contributed by atoms with E-state index < -0.39 is 5.97 Å². The van der Waals surface area contributed by atoms with Crippen LogP contribution in [0.25, 0.3) is 0 Å². The lowest BCUT2D eigenvalue weighted by molar-refractivity contribution is 0.0688. The first kappa shape index (κ1) is 13.3. The molecular weight excluding hydrogens is 322 g/mol. The maximum absolute atomic E-state index is 11.3. The first-order chi connectivity index (χ1) is 9.63. The van der Waals surface area contributed by atoms with E-state index in [0.29, 0.717) is 12.3 Å². The Labute approximate surface area is 124 Å². The van der Waals surface area contributed by atoms with Crippen molar-refractivity contribution in [1.29, 1.82) is 0 Å². The smallest absolute Gasteiger partial charge is 0.356 e. The summed E-state index contributed by atoms with van der Waals surface area (Å²) in [5.41, 5.74) is 1.83. The predicted octanol–water partition coefficient (Wildman–Crippen LogP) is 2.74. The van der Waals surface area contributed by atoms with E-state index in [-0.39, 0.29) is 5.69 Å². The van der Waals surface area contributed by atoms with Crippen molar-refractivity contribution in [2.24, 2.45) is 5.92 Å². The first-order valence-electron chi connectivity index (χ1n) is 6.52. The van der Waals surface area contributed by atoms with Gasteiger partial charge >= 0.3 is 5.97 Å². The largest absolute Gasteiger partial charge is 0.476 e. The van der Waals surface area contributed by atoms with Crippen LogP contribution in [0.15, 0.2) is 29.1 Å². The van der Waals surface area contributed by atoms with Crippen molar-refractivity contribution in [3.63, 3.8) is 0 Å². The second kappa shape index (κ2) is 5.36. The molecule has 2 aromatic rings. The van der Waals surface area contributed by atoms with E-state index in [1.54, 1.807) is 10.9 Å². The van der Waals surface area contributed by atoms with Gasteiger partial charge in [-0.15, -0.1) is 0 Å². The molecule has 0 saturated heterocycles. The molecule has 6 heteroatoms. The standard InChI is InChI=1S/C14H14BrN3O2/c15-13-10(2-1-5-16-13)6-11-8-18(7-9-3-4-9)17-12(11)14(19)20/h1-2,5,8-9H,3-4,6-7H2,(H,19,20). The minimum absolute atomic E-state index is 0.140. The van der Waals surface area contributed by atoms with Crippen molar-refractivity contribution in [2.75, 3.05) is 0 Å². The van der Waals surface area contributed by atoms with Crippen molar-refractivity contribution < 1.29 is 9.90 Å². The number of aromatic nitrogens is 3. The molecule has 2 aromatic heterocycles. The van der Waals surface area contributed by atoms with Crippen LogP contribution in [-0.4, -0.2) is 25.8 Å². The molecule has 0 atom stereocenters. The van der Waals surface area contributed by atoms with E-state index in [0.717, 1.165) is 22.3 Å². The van der Waals surface area contributed by atoms with E-state index in [2.05, 4.69) is 26.0 Å². The summed E-state index contributed by atoms with van der Waals surface area (Å²) in [7, 11) is 0. The molecule has 0 radical (unpaired) electrons. The zero-order valence-corrected chi connectivity index (χ0v) is 12.4.